The summed E-state index contributed by atoms with van der Waals surface area (Å²) in [6.07, 6.45) is 4.16. The molecule has 0 unspecified atom stereocenters. The maximum absolute atomic E-state index is 11.1. The van der Waals surface area contributed by atoms with E-state index in [0.717, 1.165) is 41.4 Å². The predicted molar refractivity (Wildman–Crippen MR) is 95.8 cm³/mol. The first-order valence-electron chi connectivity index (χ1n) is 8.13. The Morgan fingerprint density at radius 3 is 2.56 bits per heavy atom. The van der Waals surface area contributed by atoms with Crippen molar-refractivity contribution in [3.8, 4) is 11.6 Å². The number of pyridine rings is 1. The largest absolute Gasteiger partial charge is 0.493 e. The van der Waals surface area contributed by atoms with Crippen LogP contribution < -0.4 is 8.67 Å². The van der Waals surface area contributed by atoms with Gasteiger partial charge in [0.2, 0.25) is 15.5 Å². The van der Waals surface area contributed by atoms with Gasteiger partial charge >= 0.3 is 0 Å². The van der Waals surface area contributed by atoms with Crippen molar-refractivity contribution in [2.75, 3.05) is 6.61 Å². The Bertz CT molecular complexity index is 870. The van der Waals surface area contributed by atoms with Crippen molar-refractivity contribution >= 4 is 11.5 Å². The molecule has 6 nitrogen and oxygen atoms in total. The molecule has 2 heterocycles. The molecule has 0 aliphatic rings. The Labute approximate surface area is 149 Å². The minimum Gasteiger partial charge on any atom is -0.493 e. The summed E-state index contributed by atoms with van der Waals surface area (Å²) in [6.45, 7) is 2.68. The van der Waals surface area contributed by atoms with Gasteiger partial charge in [-0.2, -0.15) is 0 Å². The second-order valence-electron chi connectivity index (χ2n) is 5.66. The van der Waals surface area contributed by atoms with Crippen LogP contribution in [0.3, 0.4) is 0 Å². The Morgan fingerprint density at radius 2 is 1.96 bits per heavy atom. The fourth-order valence-electron chi connectivity index (χ4n) is 2.41. The summed E-state index contributed by atoms with van der Waals surface area (Å²) >= 11 is 0.945. The molecule has 2 aromatic heterocycles. The monoisotopic (exact) mass is 358 g/mol. The van der Waals surface area contributed by atoms with Gasteiger partial charge in [0.15, 0.2) is 0 Å². The van der Waals surface area contributed by atoms with E-state index in [0.29, 0.717) is 21.8 Å². The van der Waals surface area contributed by atoms with Crippen LogP contribution >= 0.6 is 11.5 Å². The fourth-order valence-corrected chi connectivity index (χ4v) is 3.10. The van der Waals surface area contributed by atoms with Crippen molar-refractivity contribution in [3.05, 3.63) is 69.2 Å². The third-order valence-corrected chi connectivity index (χ3v) is 4.68. The number of H-pyrrole nitrogens is 1. The maximum atomic E-state index is 11.1. The van der Waals surface area contributed by atoms with E-state index < -0.39 is 0 Å². The Morgan fingerprint density at radius 1 is 1.20 bits per heavy atom. The molecule has 3 aromatic rings. The van der Waals surface area contributed by atoms with Crippen LogP contribution in [0.15, 0.2) is 42.6 Å². The number of aromatic hydroxyl groups is 1. The highest BCUT2D eigenvalue weighted by molar-refractivity contribution is 7.01. The molecular formula is C18H20N3O3S+. The lowest BCUT2D eigenvalue weighted by Gasteiger charge is -2.07. The molecule has 1 aromatic carbocycles. The van der Waals surface area contributed by atoms with Gasteiger partial charge in [-0.05, 0) is 35.7 Å². The number of rotatable bonds is 7. The van der Waals surface area contributed by atoms with E-state index in [1.165, 1.54) is 5.56 Å². The number of aryl methyl sites for hydroxylation is 1. The highest BCUT2D eigenvalue weighted by Crippen LogP contribution is 2.21. The Kier molecular flexibility index (Phi) is 5.45. The summed E-state index contributed by atoms with van der Waals surface area (Å²) in [6, 6.07) is 11.8. The van der Waals surface area contributed by atoms with Gasteiger partial charge in [-0.3, -0.25) is 4.98 Å². The summed E-state index contributed by atoms with van der Waals surface area (Å²) in [5.74, 6) is 0.705. The number of nitrogens with one attached hydrogen (secondary N) is 1. The van der Waals surface area contributed by atoms with Gasteiger partial charge in [-0.1, -0.05) is 30.2 Å². The molecule has 2 N–H and O–H groups in total. The van der Waals surface area contributed by atoms with E-state index in [1.54, 1.807) is 0 Å². The lowest BCUT2D eigenvalue weighted by Crippen LogP contribution is -2.07. The zero-order chi connectivity index (χ0) is 17.6. The van der Waals surface area contributed by atoms with Gasteiger partial charge in [-0.15, -0.1) is 0 Å². The standard InChI is InChI=1S/C18H19N3O3S/c1-2-13-3-6-15(19-12-13)9-10-24-16-7-4-14(5-8-16)11-17-18(22)20-21(23)25-17/h3-8,12H,2,9-11H2,1H3,(H-,20,22,23)/p+1. The van der Waals surface area contributed by atoms with Gasteiger partial charge in [0.05, 0.1) is 11.5 Å². The molecule has 0 atom stereocenters. The first kappa shape index (κ1) is 17.2. The summed E-state index contributed by atoms with van der Waals surface area (Å²) in [5.41, 5.74) is 3.25. The number of nitrogens with zero attached hydrogens (tertiary/aromatic N) is 2. The van der Waals surface area contributed by atoms with Crippen molar-refractivity contribution in [2.45, 2.75) is 26.2 Å². The molecule has 0 aliphatic carbocycles. The second kappa shape index (κ2) is 7.94. The van der Waals surface area contributed by atoms with Gasteiger partial charge in [0.25, 0.3) is 5.88 Å². The van der Waals surface area contributed by atoms with Crippen molar-refractivity contribution in [2.24, 2.45) is 0 Å². The molecule has 3 rings (SSSR count). The minimum atomic E-state index is -0.0816. The van der Waals surface area contributed by atoms with Crippen LogP contribution in [0.25, 0.3) is 0 Å². The fraction of sp³-hybridized carbons (Fsp3) is 0.278. The van der Waals surface area contributed by atoms with Crippen LogP contribution in [0.1, 0.15) is 28.6 Å². The van der Waals surface area contributed by atoms with E-state index in [2.05, 4.69) is 23.1 Å². The van der Waals surface area contributed by atoms with Crippen LogP contribution in [0.2, 0.25) is 0 Å². The first-order chi connectivity index (χ1) is 12.1. The van der Waals surface area contributed by atoms with E-state index >= 15 is 0 Å². The van der Waals surface area contributed by atoms with Crippen molar-refractivity contribution in [1.82, 2.24) is 10.1 Å². The average molecular weight is 358 g/mol. The van der Waals surface area contributed by atoms with Crippen LogP contribution in [0.5, 0.6) is 11.6 Å². The number of benzene rings is 1. The van der Waals surface area contributed by atoms with E-state index in [1.807, 2.05) is 36.5 Å². The smallest absolute Gasteiger partial charge is 0.267 e. The maximum Gasteiger partial charge on any atom is 0.267 e. The van der Waals surface area contributed by atoms with E-state index in [9.17, 15) is 10.0 Å². The van der Waals surface area contributed by atoms with Gasteiger partial charge in [-0.25, -0.2) is 0 Å². The van der Waals surface area contributed by atoms with Gasteiger partial charge in [0, 0.05) is 24.7 Å². The topological polar surface area (TPSA) is 81.1 Å². The molecule has 130 valence electrons. The average Bonchev–Trinajstić information content (AvgIpc) is 2.94. The molecule has 7 heteroatoms. The second-order valence-corrected chi connectivity index (χ2v) is 6.67. The third-order valence-electron chi connectivity index (χ3n) is 3.86. The summed E-state index contributed by atoms with van der Waals surface area (Å²) in [5, 5.41) is 11.9. The Balaban J connectivity index is 1.52. The molecule has 0 amide bonds. The summed E-state index contributed by atoms with van der Waals surface area (Å²) < 4.78 is 6.28. The highest BCUT2D eigenvalue weighted by atomic mass is 32.1. The number of aromatic nitrogens is 3. The number of ether oxygens (including phenoxy) is 1. The van der Waals surface area contributed by atoms with Crippen LogP contribution in [-0.4, -0.2) is 21.8 Å². The summed E-state index contributed by atoms with van der Waals surface area (Å²) in [7, 11) is 0. The molecule has 0 bridgehead atoms. The van der Waals surface area contributed by atoms with Crippen molar-refractivity contribution in [1.29, 1.82) is 0 Å². The number of hydrogen-bond donors (Lipinski definition) is 2. The molecule has 0 spiro atoms. The van der Waals surface area contributed by atoms with Crippen LogP contribution in [0, 0.1) is 4.91 Å². The van der Waals surface area contributed by atoms with Crippen molar-refractivity contribution in [3.63, 3.8) is 0 Å². The molecule has 0 aliphatic heterocycles. The third kappa shape index (κ3) is 4.67. The van der Waals surface area contributed by atoms with Crippen LogP contribution in [-0.2, 0) is 19.3 Å². The SMILES string of the molecule is CCc1ccc(CCOc2ccc(Cc3s[n+](=O)[nH]c3O)cc2)nc1. The van der Waals surface area contributed by atoms with Crippen molar-refractivity contribution < 1.29 is 13.8 Å². The van der Waals surface area contributed by atoms with Crippen LogP contribution in [0.4, 0.5) is 0 Å². The molecule has 0 saturated heterocycles. The number of aromatic amines is 1. The zero-order valence-corrected chi connectivity index (χ0v) is 14.8. The highest BCUT2D eigenvalue weighted by Gasteiger charge is 2.14. The molecule has 25 heavy (non-hydrogen) atoms. The van der Waals surface area contributed by atoms with Gasteiger partial charge < -0.3 is 9.84 Å². The molecular weight excluding hydrogens is 338 g/mol. The quantitative estimate of drug-likeness (QED) is 0.637. The Hall–Kier alpha value is -2.67. The molecule has 0 saturated carbocycles. The zero-order valence-electron chi connectivity index (χ0n) is 13.9. The van der Waals surface area contributed by atoms with E-state index in [4.69, 9.17) is 4.74 Å². The molecule has 0 fully saturated rings. The normalized spacial score (nSPS) is 10.8. The lowest BCUT2D eigenvalue weighted by atomic mass is 10.1. The van der Waals surface area contributed by atoms with E-state index in [-0.39, 0.29) is 5.88 Å². The summed E-state index contributed by atoms with van der Waals surface area (Å²) in [4.78, 5) is 16.1. The first-order valence-corrected chi connectivity index (χ1v) is 8.91. The number of hydrogen-bond acceptors (Lipinski definition) is 5. The predicted octanol–water partition coefficient (Wildman–Crippen LogP) is 2.87. The lowest BCUT2D eigenvalue weighted by molar-refractivity contribution is -0.489. The molecule has 0 radical (unpaired) electrons. The minimum absolute atomic E-state index is 0.0816. The van der Waals surface area contributed by atoms with Gasteiger partial charge in [0.1, 0.15) is 10.6 Å².